The normalized spacial score (nSPS) is 16.4. The number of hydrogen-bond acceptors (Lipinski definition) is 8. The Morgan fingerprint density at radius 2 is 2.10 bits per heavy atom. The van der Waals surface area contributed by atoms with Crippen molar-refractivity contribution in [2.24, 2.45) is 0 Å². The minimum atomic E-state index is 0.0673. The number of nitrogens with zero attached hydrogens (tertiary/aromatic N) is 5. The van der Waals surface area contributed by atoms with Crippen LogP contribution in [0.4, 0.5) is 5.95 Å². The number of thioether (sulfide) groups is 1. The van der Waals surface area contributed by atoms with Crippen LogP contribution in [0.5, 0.6) is 0 Å². The average molecular weight is 298 g/mol. The molecule has 0 aromatic carbocycles. The molecule has 0 aliphatic carbocycles. The van der Waals surface area contributed by atoms with Gasteiger partial charge in [-0.1, -0.05) is 11.8 Å². The number of β-amino-alcohol motifs (C(OH)–C–C–N with tert-alkyl or cyclic N) is 1. The van der Waals surface area contributed by atoms with E-state index in [1.54, 1.807) is 0 Å². The van der Waals surface area contributed by atoms with E-state index in [4.69, 9.17) is 10.8 Å². The van der Waals surface area contributed by atoms with Gasteiger partial charge in [0.05, 0.1) is 12.4 Å². The molecule has 0 spiro atoms. The third kappa shape index (κ3) is 4.29. The van der Waals surface area contributed by atoms with Crippen LogP contribution in [0.25, 0.3) is 0 Å². The molecule has 0 unspecified atom stereocenters. The zero-order valence-electron chi connectivity index (χ0n) is 11.1. The summed E-state index contributed by atoms with van der Waals surface area (Å²) in [6, 6.07) is 0. The number of rotatable bonds is 5. The molecule has 1 saturated heterocycles. The van der Waals surface area contributed by atoms with Gasteiger partial charge in [-0.3, -0.25) is 9.69 Å². The number of carbonyl (C=O) groups excluding carboxylic acids is 1. The fourth-order valence-corrected chi connectivity index (χ4v) is 2.66. The van der Waals surface area contributed by atoms with Gasteiger partial charge in [0.25, 0.3) is 0 Å². The maximum Gasteiger partial charge on any atom is 0.233 e. The Hall–Kier alpha value is -1.45. The standard InChI is InChI=1S/C11H18N6O2S/c12-10-13-8-14-11(15-10)20-7-9(19)17-3-1-16(2-4-17)5-6-18/h8,18H,1-7H2,(H2,12,13,14,15). The number of nitrogen functional groups attached to an aromatic ring is 1. The Kier molecular flexibility index (Phi) is 5.50. The van der Waals surface area contributed by atoms with Crippen molar-refractivity contribution in [2.45, 2.75) is 5.16 Å². The molecular formula is C11H18N6O2S. The molecule has 1 aromatic rings. The van der Waals surface area contributed by atoms with Crippen LogP contribution in [-0.2, 0) is 4.79 Å². The first-order valence-electron chi connectivity index (χ1n) is 6.37. The molecule has 9 heteroatoms. The fraction of sp³-hybridized carbons (Fsp3) is 0.636. The first-order chi connectivity index (χ1) is 9.69. The number of piperazine rings is 1. The molecule has 0 bridgehead atoms. The summed E-state index contributed by atoms with van der Waals surface area (Å²) < 4.78 is 0. The van der Waals surface area contributed by atoms with E-state index in [1.165, 1.54) is 18.1 Å². The van der Waals surface area contributed by atoms with E-state index in [9.17, 15) is 4.79 Å². The lowest BCUT2D eigenvalue weighted by Crippen LogP contribution is -2.49. The Labute approximate surface area is 121 Å². The van der Waals surface area contributed by atoms with Crippen molar-refractivity contribution < 1.29 is 9.90 Å². The summed E-state index contributed by atoms with van der Waals surface area (Å²) in [7, 11) is 0. The van der Waals surface area contributed by atoms with Crippen LogP contribution in [0.1, 0.15) is 0 Å². The molecule has 20 heavy (non-hydrogen) atoms. The van der Waals surface area contributed by atoms with Crippen molar-refractivity contribution >= 4 is 23.6 Å². The average Bonchev–Trinajstić information content (AvgIpc) is 2.46. The molecule has 1 amide bonds. The lowest BCUT2D eigenvalue weighted by molar-refractivity contribution is -0.130. The van der Waals surface area contributed by atoms with E-state index in [0.717, 1.165) is 13.1 Å². The third-order valence-corrected chi connectivity index (χ3v) is 3.88. The molecule has 1 aliphatic rings. The molecule has 0 radical (unpaired) electrons. The lowest BCUT2D eigenvalue weighted by Gasteiger charge is -2.34. The number of amides is 1. The van der Waals surface area contributed by atoms with Crippen molar-refractivity contribution in [2.75, 3.05) is 50.8 Å². The maximum atomic E-state index is 12.1. The maximum absolute atomic E-state index is 12.1. The SMILES string of the molecule is Nc1ncnc(SCC(=O)N2CCN(CCO)CC2)n1. The molecule has 0 saturated carbocycles. The highest BCUT2D eigenvalue weighted by atomic mass is 32.2. The van der Waals surface area contributed by atoms with Gasteiger partial charge >= 0.3 is 0 Å². The topological polar surface area (TPSA) is 108 Å². The van der Waals surface area contributed by atoms with Crippen LogP contribution in [0.15, 0.2) is 11.5 Å². The minimum Gasteiger partial charge on any atom is -0.395 e. The Bertz CT molecular complexity index is 452. The zero-order chi connectivity index (χ0) is 14.4. The highest BCUT2D eigenvalue weighted by molar-refractivity contribution is 7.99. The number of aliphatic hydroxyl groups excluding tert-OH is 1. The largest absolute Gasteiger partial charge is 0.395 e. The van der Waals surface area contributed by atoms with E-state index >= 15 is 0 Å². The Balaban J connectivity index is 1.76. The van der Waals surface area contributed by atoms with Gasteiger partial charge in [0.1, 0.15) is 6.33 Å². The van der Waals surface area contributed by atoms with Crippen molar-refractivity contribution in [3.63, 3.8) is 0 Å². The lowest BCUT2D eigenvalue weighted by atomic mass is 10.3. The van der Waals surface area contributed by atoms with Crippen molar-refractivity contribution in [1.82, 2.24) is 24.8 Å². The van der Waals surface area contributed by atoms with E-state index in [1.807, 2.05) is 4.90 Å². The first-order valence-corrected chi connectivity index (χ1v) is 7.36. The number of anilines is 1. The molecular weight excluding hydrogens is 280 g/mol. The van der Waals surface area contributed by atoms with Crippen LogP contribution in [0.3, 0.4) is 0 Å². The molecule has 8 nitrogen and oxygen atoms in total. The molecule has 0 atom stereocenters. The molecule has 2 rings (SSSR count). The van der Waals surface area contributed by atoms with Crippen LogP contribution >= 0.6 is 11.8 Å². The van der Waals surface area contributed by atoms with Gasteiger partial charge in [-0.15, -0.1) is 0 Å². The monoisotopic (exact) mass is 298 g/mol. The Morgan fingerprint density at radius 3 is 2.75 bits per heavy atom. The summed E-state index contributed by atoms with van der Waals surface area (Å²) in [5.74, 6) is 0.522. The molecule has 110 valence electrons. The highest BCUT2D eigenvalue weighted by Gasteiger charge is 2.20. The second-order valence-corrected chi connectivity index (χ2v) is 5.30. The molecule has 2 heterocycles. The molecule has 1 aliphatic heterocycles. The molecule has 1 fully saturated rings. The number of aromatic nitrogens is 3. The zero-order valence-corrected chi connectivity index (χ0v) is 11.9. The van der Waals surface area contributed by atoms with Gasteiger partial charge in [0.15, 0.2) is 5.16 Å². The smallest absolute Gasteiger partial charge is 0.233 e. The van der Waals surface area contributed by atoms with E-state index in [-0.39, 0.29) is 18.5 Å². The number of hydrogen-bond donors (Lipinski definition) is 2. The summed E-state index contributed by atoms with van der Waals surface area (Å²) >= 11 is 1.26. The summed E-state index contributed by atoms with van der Waals surface area (Å²) in [4.78, 5) is 27.6. The molecule has 1 aromatic heterocycles. The predicted molar refractivity (Wildman–Crippen MR) is 75.1 cm³/mol. The van der Waals surface area contributed by atoms with Crippen LogP contribution in [-0.4, -0.2) is 80.8 Å². The van der Waals surface area contributed by atoms with Gasteiger partial charge in [-0.25, -0.2) is 9.97 Å². The Morgan fingerprint density at radius 1 is 1.35 bits per heavy atom. The van der Waals surface area contributed by atoms with Gasteiger partial charge in [0, 0.05) is 32.7 Å². The highest BCUT2D eigenvalue weighted by Crippen LogP contribution is 2.13. The minimum absolute atomic E-state index is 0.0673. The summed E-state index contributed by atoms with van der Waals surface area (Å²) in [6.45, 7) is 3.81. The quantitative estimate of drug-likeness (QED) is 0.645. The summed E-state index contributed by atoms with van der Waals surface area (Å²) in [6.07, 6.45) is 1.34. The third-order valence-electron chi connectivity index (χ3n) is 3.03. The fourth-order valence-electron chi connectivity index (χ4n) is 1.94. The summed E-state index contributed by atoms with van der Waals surface area (Å²) in [5.41, 5.74) is 5.45. The van der Waals surface area contributed by atoms with Crippen LogP contribution in [0, 0.1) is 0 Å². The predicted octanol–water partition coefficient (Wildman–Crippen LogP) is -1.32. The van der Waals surface area contributed by atoms with E-state index < -0.39 is 0 Å². The van der Waals surface area contributed by atoms with Crippen molar-refractivity contribution in [1.29, 1.82) is 0 Å². The number of carbonyl (C=O) groups is 1. The van der Waals surface area contributed by atoms with Gasteiger partial charge in [0.2, 0.25) is 11.9 Å². The molecule has 3 N–H and O–H groups in total. The second kappa shape index (κ2) is 7.36. The van der Waals surface area contributed by atoms with Gasteiger partial charge in [-0.05, 0) is 0 Å². The summed E-state index contributed by atoms with van der Waals surface area (Å²) in [5, 5.41) is 9.33. The number of nitrogens with two attached hydrogens (primary N) is 1. The van der Waals surface area contributed by atoms with E-state index in [0.29, 0.717) is 30.5 Å². The van der Waals surface area contributed by atoms with Crippen LogP contribution in [0.2, 0.25) is 0 Å². The first kappa shape index (κ1) is 14.9. The van der Waals surface area contributed by atoms with Gasteiger partial charge in [-0.2, -0.15) is 4.98 Å². The van der Waals surface area contributed by atoms with Crippen molar-refractivity contribution in [3.05, 3.63) is 6.33 Å². The second-order valence-electron chi connectivity index (χ2n) is 4.36. The van der Waals surface area contributed by atoms with Crippen molar-refractivity contribution in [3.8, 4) is 0 Å². The van der Waals surface area contributed by atoms with Crippen LogP contribution < -0.4 is 5.73 Å². The number of aliphatic hydroxyl groups is 1. The van der Waals surface area contributed by atoms with Gasteiger partial charge < -0.3 is 15.7 Å². The van der Waals surface area contributed by atoms with E-state index in [2.05, 4.69) is 19.9 Å².